The van der Waals surface area contributed by atoms with E-state index >= 15 is 0 Å². The minimum absolute atomic E-state index is 0.342. The number of halogens is 3. The average Bonchev–Trinajstić information content (AvgIpc) is 2.30. The van der Waals surface area contributed by atoms with Crippen molar-refractivity contribution in [2.24, 2.45) is 0 Å². The Morgan fingerprint density at radius 1 is 1.13 bits per heavy atom. The van der Waals surface area contributed by atoms with Crippen molar-refractivity contribution >= 4 is 0 Å². The minimum atomic E-state index is -4.17. The molecule has 1 N–H and O–H groups in total. The lowest BCUT2D eigenvalue weighted by Gasteiger charge is -2.21. The van der Waals surface area contributed by atoms with Crippen LogP contribution in [0.2, 0.25) is 0 Å². The van der Waals surface area contributed by atoms with Gasteiger partial charge in [-0.2, -0.15) is 13.2 Å². The third-order valence-corrected chi connectivity index (χ3v) is 2.64. The zero-order valence-corrected chi connectivity index (χ0v) is 8.59. The topological polar surface area (TPSA) is 29.5 Å². The van der Waals surface area contributed by atoms with Gasteiger partial charge in [0.05, 0.1) is 25.2 Å². The average molecular weight is 226 g/mol. The first kappa shape index (κ1) is 12.8. The van der Waals surface area contributed by atoms with Gasteiger partial charge in [0.1, 0.15) is 0 Å². The molecule has 0 aromatic heterocycles. The molecule has 0 saturated heterocycles. The zero-order valence-electron chi connectivity index (χ0n) is 8.59. The molecule has 5 heteroatoms. The molecule has 0 aromatic rings. The molecule has 0 radical (unpaired) electrons. The summed E-state index contributed by atoms with van der Waals surface area (Å²) < 4.78 is 40.6. The Kier molecular flexibility index (Phi) is 4.86. The van der Waals surface area contributed by atoms with Crippen molar-refractivity contribution in [3.8, 4) is 0 Å². The monoisotopic (exact) mass is 226 g/mol. The number of alkyl halides is 3. The first-order valence-electron chi connectivity index (χ1n) is 5.35. The van der Waals surface area contributed by atoms with Crippen LogP contribution in [-0.2, 0) is 4.74 Å². The van der Waals surface area contributed by atoms with E-state index in [2.05, 4.69) is 0 Å². The molecular formula is C10H17F3O2. The number of aliphatic hydroxyl groups is 1. The first-order chi connectivity index (χ1) is 6.99. The normalized spacial score (nSPS) is 28.8. The molecule has 0 aliphatic heterocycles. The molecule has 90 valence electrons. The van der Waals surface area contributed by atoms with Gasteiger partial charge in [0.25, 0.3) is 0 Å². The van der Waals surface area contributed by atoms with Crippen LogP contribution in [0.25, 0.3) is 0 Å². The SMILES string of the molecule is OC1CCCCCC1OCCC(F)(F)F. The maximum atomic E-state index is 11.8. The smallest absolute Gasteiger partial charge is 0.390 e. The van der Waals surface area contributed by atoms with Crippen LogP contribution < -0.4 is 0 Å². The molecule has 1 aliphatic carbocycles. The molecule has 1 saturated carbocycles. The van der Waals surface area contributed by atoms with E-state index in [0.29, 0.717) is 12.8 Å². The van der Waals surface area contributed by atoms with Crippen molar-refractivity contribution in [1.29, 1.82) is 0 Å². The van der Waals surface area contributed by atoms with Gasteiger partial charge in [-0.3, -0.25) is 0 Å². The summed E-state index contributed by atoms with van der Waals surface area (Å²) >= 11 is 0. The third-order valence-electron chi connectivity index (χ3n) is 2.64. The van der Waals surface area contributed by atoms with E-state index in [1.165, 1.54) is 0 Å². The quantitative estimate of drug-likeness (QED) is 0.750. The summed E-state index contributed by atoms with van der Waals surface area (Å²) in [6.07, 6.45) is -1.93. The van der Waals surface area contributed by atoms with Gasteiger partial charge in [0.2, 0.25) is 0 Å². The van der Waals surface area contributed by atoms with Gasteiger partial charge in [-0.15, -0.1) is 0 Å². The van der Waals surface area contributed by atoms with Crippen molar-refractivity contribution < 1.29 is 23.0 Å². The highest BCUT2D eigenvalue weighted by Gasteiger charge is 2.28. The van der Waals surface area contributed by atoms with Crippen LogP contribution in [0.3, 0.4) is 0 Å². The summed E-state index contributed by atoms with van der Waals surface area (Å²) in [5, 5.41) is 9.57. The molecular weight excluding hydrogens is 209 g/mol. The van der Waals surface area contributed by atoms with E-state index in [4.69, 9.17) is 4.74 Å². The van der Waals surface area contributed by atoms with Crippen LogP contribution in [0.1, 0.15) is 38.5 Å². The lowest BCUT2D eigenvalue weighted by atomic mass is 10.1. The van der Waals surface area contributed by atoms with Gasteiger partial charge >= 0.3 is 6.18 Å². The van der Waals surface area contributed by atoms with Crippen molar-refractivity contribution in [2.45, 2.75) is 56.9 Å². The van der Waals surface area contributed by atoms with Crippen molar-refractivity contribution in [3.63, 3.8) is 0 Å². The molecule has 1 aliphatic rings. The van der Waals surface area contributed by atoms with Crippen LogP contribution >= 0.6 is 0 Å². The van der Waals surface area contributed by atoms with E-state index in [-0.39, 0.29) is 6.61 Å². The summed E-state index contributed by atoms with van der Waals surface area (Å²) in [6, 6.07) is 0. The van der Waals surface area contributed by atoms with Gasteiger partial charge in [0.15, 0.2) is 0 Å². The fraction of sp³-hybridized carbons (Fsp3) is 1.00. The van der Waals surface area contributed by atoms with Gasteiger partial charge in [-0.05, 0) is 12.8 Å². The highest BCUT2D eigenvalue weighted by molar-refractivity contribution is 4.73. The number of hydrogen-bond acceptors (Lipinski definition) is 2. The Bertz CT molecular complexity index is 182. The van der Waals surface area contributed by atoms with Crippen LogP contribution in [0, 0.1) is 0 Å². The number of rotatable bonds is 3. The highest BCUT2D eigenvalue weighted by Crippen LogP contribution is 2.23. The summed E-state index contributed by atoms with van der Waals surface area (Å²) in [6.45, 7) is -0.342. The van der Waals surface area contributed by atoms with Gasteiger partial charge in [0, 0.05) is 0 Å². The van der Waals surface area contributed by atoms with Gasteiger partial charge in [-0.1, -0.05) is 19.3 Å². The molecule has 0 aromatic carbocycles. The van der Waals surface area contributed by atoms with E-state index in [1.54, 1.807) is 0 Å². The standard InChI is InChI=1S/C10H17F3O2/c11-10(12,13)6-7-15-9-5-3-1-2-4-8(9)14/h8-9,14H,1-7H2. The highest BCUT2D eigenvalue weighted by atomic mass is 19.4. The molecule has 0 amide bonds. The fourth-order valence-corrected chi connectivity index (χ4v) is 1.77. The Labute approximate surface area is 87.4 Å². The van der Waals surface area contributed by atoms with E-state index < -0.39 is 24.8 Å². The molecule has 2 unspecified atom stereocenters. The largest absolute Gasteiger partial charge is 0.391 e. The van der Waals surface area contributed by atoms with Crippen LogP contribution in [-0.4, -0.2) is 30.1 Å². The second-order valence-corrected chi connectivity index (χ2v) is 3.98. The molecule has 1 rings (SSSR count). The first-order valence-corrected chi connectivity index (χ1v) is 5.35. The Hall–Kier alpha value is -0.290. The Balaban J connectivity index is 2.23. The van der Waals surface area contributed by atoms with E-state index in [1.807, 2.05) is 0 Å². The maximum Gasteiger partial charge on any atom is 0.391 e. The van der Waals surface area contributed by atoms with Crippen LogP contribution in [0.4, 0.5) is 13.2 Å². The molecule has 15 heavy (non-hydrogen) atoms. The summed E-state index contributed by atoms with van der Waals surface area (Å²) in [7, 11) is 0. The van der Waals surface area contributed by atoms with Gasteiger partial charge < -0.3 is 9.84 Å². The van der Waals surface area contributed by atoms with E-state index in [9.17, 15) is 18.3 Å². The van der Waals surface area contributed by atoms with E-state index in [0.717, 1.165) is 19.3 Å². The minimum Gasteiger partial charge on any atom is -0.390 e. The molecule has 0 bridgehead atoms. The number of ether oxygens (including phenoxy) is 1. The molecule has 0 spiro atoms. The fourth-order valence-electron chi connectivity index (χ4n) is 1.77. The summed E-state index contributed by atoms with van der Waals surface area (Å²) in [4.78, 5) is 0. The Morgan fingerprint density at radius 2 is 1.80 bits per heavy atom. The van der Waals surface area contributed by atoms with Crippen molar-refractivity contribution in [3.05, 3.63) is 0 Å². The Morgan fingerprint density at radius 3 is 2.47 bits per heavy atom. The number of aliphatic hydroxyl groups excluding tert-OH is 1. The van der Waals surface area contributed by atoms with Crippen LogP contribution in [0.15, 0.2) is 0 Å². The predicted molar refractivity (Wildman–Crippen MR) is 49.5 cm³/mol. The van der Waals surface area contributed by atoms with Crippen molar-refractivity contribution in [1.82, 2.24) is 0 Å². The molecule has 1 fully saturated rings. The summed E-state index contributed by atoms with van der Waals surface area (Å²) in [5.74, 6) is 0. The van der Waals surface area contributed by atoms with Crippen LogP contribution in [0.5, 0.6) is 0 Å². The van der Waals surface area contributed by atoms with Gasteiger partial charge in [-0.25, -0.2) is 0 Å². The van der Waals surface area contributed by atoms with Crippen molar-refractivity contribution in [2.75, 3.05) is 6.61 Å². The predicted octanol–water partition coefficient (Wildman–Crippen LogP) is 2.65. The molecule has 2 nitrogen and oxygen atoms in total. The zero-order chi connectivity index (χ0) is 11.3. The third kappa shape index (κ3) is 5.37. The molecule has 2 atom stereocenters. The second kappa shape index (κ2) is 5.70. The lowest BCUT2D eigenvalue weighted by molar-refractivity contribution is -0.154. The maximum absolute atomic E-state index is 11.8. The number of hydrogen-bond donors (Lipinski definition) is 1. The second-order valence-electron chi connectivity index (χ2n) is 3.98. The molecule has 0 heterocycles. The lowest BCUT2D eigenvalue weighted by Crippen LogP contribution is -2.29. The summed E-state index contributed by atoms with van der Waals surface area (Å²) in [5.41, 5.74) is 0.